The van der Waals surface area contributed by atoms with Gasteiger partial charge < -0.3 is 10.2 Å². The Labute approximate surface area is 127 Å². The maximum absolute atomic E-state index is 4.77. The molecular formula is C18H25N3. The van der Waals surface area contributed by atoms with Crippen LogP contribution >= 0.6 is 0 Å². The summed E-state index contributed by atoms with van der Waals surface area (Å²) >= 11 is 0. The second-order valence-corrected chi connectivity index (χ2v) is 6.37. The van der Waals surface area contributed by atoms with E-state index in [0.29, 0.717) is 5.92 Å². The molecule has 3 nitrogen and oxygen atoms in total. The fourth-order valence-corrected chi connectivity index (χ4v) is 3.05. The van der Waals surface area contributed by atoms with Gasteiger partial charge in [-0.2, -0.15) is 0 Å². The number of benzene rings is 1. The lowest BCUT2D eigenvalue weighted by atomic mass is 10.1. The fourth-order valence-electron chi connectivity index (χ4n) is 3.05. The van der Waals surface area contributed by atoms with E-state index in [0.717, 1.165) is 32.0 Å². The average Bonchev–Trinajstić information content (AvgIpc) is 3.01. The maximum Gasteiger partial charge on any atom is 0.136 e. The molecule has 0 bridgehead atoms. The van der Waals surface area contributed by atoms with Gasteiger partial charge in [-0.25, -0.2) is 4.98 Å². The highest BCUT2D eigenvalue weighted by Gasteiger charge is 2.17. The summed E-state index contributed by atoms with van der Waals surface area (Å²) in [6, 6.07) is 8.68. The molecule has 1 saturated heterocycles. The Kier molecular flexibility index (Phi) is 4.39. The second-order valence-electron chi connectivity index (χ2n) is 6.37. The van der Waals surface area contributed by atoms with Crippen LogP contribution in [0.25, 0.3) is 10.8 Å². The van der Waals surface area contributed by atoms with Crippen LogP contribution in [0.1, 0.15) is 32.3 Å². The molecule has 2 heterocycles. The molecule has 1 aliphatic rings. The number of aromatic nitrogens is 1. The third-order valence-electron chi connectivity index (χ3n) is 4.13. The van der Waals surface area contributed by atoms with Gasteiger partial charge in [0.1, 0.15) is 5.82 Å². The Balaban J connectivity index is 1.90. The summed E-state index contributed by atoms with van der Waals surface area (Å²) in [6.07, 6.45) is 4.63. The van der Waals surface area contributed by atoms with E-state index in [1.807, 2.05) is 0 Å². The standard InChI is InChI=1S/C18H25N3/c1-14(2)11-19-12-15-13-20-18(21-9-5-6-10-21)17-8-4-3-7-16(15)17/h3-4,7-8,13-14,19H,5-6,9-12H2,1-2H3. The minimum Gasteiger partial charge on any atom is -0.356 e. The van der Waals surface area contributed by atoms with Gasteiger partial charge in [-0.05, 0) is 36.3 Å². The zero-order valence-electron chi connectivity index (χ0n) is 13.1. The number of fused-ring (bicyclic) bond motifs is 1. The summed E-state index contributed by atoms with van der Waals surface area (Å²) in [7, 11) is 0. The van der Waals surface area contributed by atoms with E-state index in [9.17, 15) is 0 Å². The molecule has 0 unspecified atom stereocenters. The first-order chi connectivity index (χ1) is 10.3. The summed E-state index contributed by atoms with van der Waals surface area (Å²) < 4.78 is 0. The highest BCUT2D eigenvalue weighted by Crippen LogP contribution is 2.29. The van der Waals surface area contributed by atoms with Crippen molar-refractivity contribution in [2.45, 2.75) is 33.2 Å². The minimum atomic E-state index is 0.674. The van der Waals surface area contributed by atoms with Crippen molar-refractivity contribution < 1.29 is 0 Å². The van der Waals surface area contributed by atoms with Gasteiger partial charge >= 0.3 is 0 Å². The molecular weight excluding hydrogens is 258 g/mol. The number of hydrogen-bond acceptors (Lipinski definition) is 3. The maximum atomic E-state index is 4.77. The van der Waals surface area contributed by atoms with Crippen molar-refractivity contribution in [3.05, 3.63) is 36.0 Å². The lowest BCUT2D eigenvalue weighted by Crippen LogP contribution is -2.21. The number of pyridine rings is 1. The first kappa shape index (κ1) is 14.3. The summed E-state index contributed by atoms with van der Waals surface area (Å²) in [4.78, 5) is 7.20. The van der Waals surface area contributed by atoms with Crippen LogP contribution < -0.4 is 10.2 Å². The predicted octanol–water partition coefficient (Wildman–Crippen LogP) is 3.58. The Morgan fingerprint density at radius 3 is 2.57 bits per heavy atom. The van der Waals surface area contributed by atoms with E-state index < -0.39 is 0 Å². The Bertz CT molecular complexity index is 600. The average molecular weight is 283 g/mol. The molecule has 1 N–H and O–H groups in total. The molecule has 0 saturated carbocycles. The molecule has 3 heteroatoms. The van der Waals surface area contributed by atoms with Gasteiger partial charge in [0, 0.05) is 31.2 Å². The minimum absolute atomic E-state index is 0.674. The van der Waals surface area contributed by atoms with E-state index in [4.69, 9.17) is 4.98 Å². The highest BCUT2D eigenvalue weighted by atomic mass is 15.2. The van der Waals surface area contributed by atoms with Gasteiger partial charge in [0.25, 0.3) is 0 Å². The molecule has 2 aromatic rings. The van der Waals surface area contributed by atoms with E-state index >= 15 is 0 Å². The predicted molar refractivity (Wildman–Crippen MR) is 89.7 cm³/mol. The van der Waals surface area contributed by atoms with Crippen LogP contribution in [0.3, 0.4) is 0 Å². The number of nitrogens with zero attached hydrogens (tertiary/aromatic N) is 2. The van der Waals surface area contributed by atoms with Crippen molar-refractivity contribution >= 4 is 16.6 Å². The van der Waals surface area contributed by atoms with Crippen molar-refractivity contribution in [2.24, 2.45) is 5.92 Å². The van der Waals surface area contributed by atoms with Crippen molar-refractivity contribution in [3.63, 3.8) is 0 Å². The Morgan fingerprint density at radius 1 is 1.14 bits per heavy atom. The van der Waals surface area contributed by atoms with Gasteiger partial charge in [-0.15, -0.1) is 0 Å². The molecule has 1 aliphatic heterocycles. The van der Waals surface area contributed by atoms with Crippen LogP contribution in [0.4, 0.5) is 5.82 Å². The lowest BCUT2D eigenvalue weighted by molar-refractivity contribution is 0.553. The molecule has 3 rings (SSSR count). The van der Waals surface area contributed by atoms with E-state index in [-0.39, 0.29) is 0 Å². The Hall–Kier alpha value is -1.61. The SMILES string of the molecule is CC(C)CNCc1cnc(N2CCCC2)c2ccccc12. The first-order valence-electron chi connectivity index (χ1n) is 8.08. The van der Waals surface area contributed by atoms with Crippen molar-refractivity contribution in [3.8, 4) is 0 Å². The quantitative estimate of drug-likeness (QED) is 0.909. The third kappa shape index (κ3) is 3.18. The van der Waals surface area contributed by atoms with Crippen molar-refractivity contribution in [1.82, 2.24) is 10.3 Å². The molecule has 1 aromatic carbocycles. The van der Waals surface area contributed by atoms with Gasteiger partial charge in [-0.1, -0.05) is 38.1 Å². The van der Waals surface area contributed by atoms with Crippen LogP contribution in [0.15, 0.2) is 30.5 Å². The molecule has 0 spiro atoms. The number of anilines is 1. The van der Waals surface area contributed by atoms with E-state index in [2.05, 4.69) is 54.5 Å². The topological polar surface area (TPSA) is 28.2 Å². The van der Waals surface area contributed by atoms with Crippen LogP contribution in [-0.2, 0) is 6.54 Å². The summed E-state index contributed by atoms with van der Waals surface area (Å²) in [6.45, 7) is 8.69. The van der Waals surface area contributed by atoms with Crippen molar-refractivity contribution in [1.29, 1.82) is 0 Å². The molecule has 0 aliphatic carbocycles. The van der Waals surface area contributed by atoms with Crippen LogP contribution in [-0.4, -0.2) is 24.6 Å². The smallest absolute Gasteiger partial charge is 0.136 e. The molecule has 21 heavy (non-hydrogen) atoms. The molecule has 0 radical (unpaired) electrons. The largest absolute Gasteiger partial charge is 0.356 e. The number of rotatable bonds is 5. The lowest BCUT2D eigenvalue weighted by Gasteiger charge is -2.20. The number of hydrogen-bond donors (Lipinski definition) is 1. The summed E-state index contributed by atoms with van der Waals surface area (Å²) in [5, 5.41) is 6.16. The van der Waals surface area contributed by atoms with Crippen molar-refractivity contribution in [2.75, 3.05) is 24.5 Å². The van der Waals surface area contributed by atoms with E-state index in [1.54, 1.807) is 0 Å². The van der Waals surface area contributed by atoms with Gasteiger partial charge in [-0.3, -0.25) is 0 Å². The zero-order valence-corrected chi connectivity index (χ0v) is 13.1. The second kappa shape index (κ2) is 6.44. The monoisotopic (exact) mass is 283 g/mol. The van der Waals surface area contributed by atoms with Gasteiger partial charge in [0.15, 0.2) is 0 Å². The van der Waals surface area contributed by atoms with Gasteiger partial charge in [0.2, 0.25) is 0 Å². The molecule has 0 atom stereocenters. The molecule has 0 amide bonds. The molecule has 1 aromatic heterocycles. The number of nitrogens with one attached hydrogen (secondary N) is 1. The molecule has 1 fully saturated rings. The van der Waals surface area contributed by atoms with Gasteiger partial charge in [0.05, 0.1) is 0 Å². The normalized spacial score (nSPS) is 15.3. The third-order valence-corrected chi connectivity index (χ3v) is 4.13. The van der Waals surface area contributed by atoms with E-state index in [1.165, 1.54) is 29.2 Å². The molecule has 112 valence electrons. The van der Waals surface area contributed by atoms with Crippen LogP contribution in [0.2, 0.25) is 0 Å². The van der Waals surface area contributed by atoms with Crippen LogP contribution in [0.5, 0.6) is 0 Å². The zero-order chi connectivity index (χ0) is 14.7. The summed E-state index contributed by atoms with van der Waals surface area (Å²) in [5.74, 6) is 1.84. The highest BCUT2D eigenvalue weighted by molar-refractivity contribution is 5.94. The van der Waals surface area contributed by atoms with Crippen LogP contribution in [0, 0.1) is 5.92 Å². The fraction of sp³-hybridized carbons (Fsp3) is 0.500. The first-order valence-corrected chi connectivity index (χ1v) is 8.08. The summed E-state index contributed by atoms with van der Waals surface area (Å²) in [5.41, 5.74) is 1.30. The Morgan fingerprint density at radius 2 is 1.86 bits per heavy atom.